The van der Waals surface area contributed by atoms with Crippen molar-refractivity contribution >= 4 is 36.4 Å². The van der Waals surface area contributed by atoms with E-state index in [0.717, 1.165) is 16.0 Å². The Kier molecular flexibility index (Phi) is 9.89. The van der Waals surface area contributed by atoms with Crippen molar-refractivity contribution in [3.05, 3.63) is 29.8 Å². The average Bonchev–Trinajstić information content (AvgIpc) is 3.45. The number of rotatable bonds is 8. The summed E-state index contributed by atoms with van der Waals surface area (Å²) >= 11 is 0. The van der Waals surface area contributed by atoms with Crippen LogP contribution < -0.4 is 16.2 Å². The summed E-state index contributed by atoms with van der Waals surface area (Å²) in [6.45, 7) is 13.7. The van der Waals surface area contributed by atoms with Crippen molar-refractivity contribution in [2.75, 3.05) is 13.7 Å². The SMILES string of the molecule is COC(=O)C(CC(C)C)NC(=O)N(Cc1ccc(B2OC(C)(C)C(C)(C)O2)cc1)NC(=O)C1CCCN1C(C)=O. The molecule has 0 bridgehead atoms. The first-order valence-corrected chi connectivity index (χ1v) is 13.8. The van der Waals surface area contributed by atoms with Crippen molar-refractivity contribution in [2.45, 2.75) is 97.6 Å². The van der Waals surface area contributed by atoms with E-state index in [4.69, 9.17) is 14.0 Å². The second-order valence-corrected chi connectivity index (χ2v) is 11.9. The van der Waals surface area contributed by atoms with Crippen molar-refractivity contribution in [3.63, 3.8) is 0 Å². The third-order valence-corrected chi connectivity index (χ3v) is 7.79. The van der Waals surface area contributed by atoms with Gasteiger partial charge in [-0.05, 0) is 63.9 Å². The Hall–Kier alpha value is -3.12. The molecule has 2 heterocycles. The molecular weight excluding hydrogens is 515 g/mol. The highest BCUT2D eigenvalue weighted by molar-refractivity contribution is 6.62. The number of carbonyl (C=O) groups excluding carboxylic acids is 4. The third kappa shape index (κ3) is 7.34. The number of nitrogens with one attached hydrogen (secondary N) is 2. The van der Waals surface area contributed by atoms with Crippen LogP contribution in [0, 0.1) is 5.92 Å². The topological polar surface area (TPSA) is 127 Å². The van der Waals surface area contributed by atoms with Crippen LogP contribution in [-0.2, 0) is 35.0 Å². The number of methoxy groups -OCH3 is 1. The van der Waals surface area contributed by atoms with Crippen LogP contribution >= 0.6 is 0 Å². The summed E-state index contributed by atoms with van der Waals surface area (Å²) in [4.78, 5) is 52.5. The summed E-state index contributed by atoms with van der Waals surface area (Å²) in [6.07, 6.45) is 1.56. The van der Waals surface area contributed by atoms with Crippen molar-refractivity contribution in [3.8, 4) is 0 Å². The molecule has 2 atom stereocenters. The van der Waals surface area contributed by atoms with E-state index >= 15 is 0 Å². The Labute approximate surface area is 237 Å². The van der Waals surface area contributed by atoms with Crippen LogP contribution in [0.4, 0.5) is 4.79 Å². The average molecular weight is 558 g/mol. The first kappa shape index (κ1) is 31.4. The molecule has 2 fully saturated rings. The number of amides is 4. The van der Waals surface area contributed by atoms with Crippen LogP contribution in [0.1, 0.15) is 73.3 Å². The molecule has 1 aromatic carbocycles. The van der Waals surface area contributed by atoms with Crippen molar-refractivity contribution in [1.29, 1.82) is 0 Å². The molecule has 3 rings (SSSR count). The summed E-state index contributed by atoms with van der Waals surface area (Å²) in [6, 6.07) is 5.16. The number of benzene rings is 1. The molecule has 0 aliphatic carbocycles. The monoisotopic (exact) mass is 558 g/mol. The maximum atomic E-state index is 13.4. The van der Waals surface area contributed by atoms with Crippen LogP contribution in [-0.4, -0.2) is 77.8 Å². The molecule has 0 spiro atoms. The first-order chi connectivity index (χ1) is 18.6. The van der Waals surface area contributed by atoms with Gasteiger partial charge in [0.1, 0.15) is 12.1 Å². The zero-order valence-electron chi connectivity index (χ0n) is 24.9. The lowest BCUT2D eigenvalue weighted by Gasteiger charge is -2.32. The Morgan fingerprint density at radius 1 is 1.10 bits per heavy atom. The summed E-state index contributed by atoms with van der Waals surface area (Å²) in [7, 11) is 0.731. The molecule has 2 saturated heterocycles. The van der Waals surface area contributed by atoms with Gasteiger partial charge >= 0.3 is 19.1 Å². The van der Waals surface area contributed by atoms with E-state index in [9.17, 15) is 19.2 Å². The highest BCUT2D eigenvalue weighted by atomic mass is 16.7. The molecule has 0 aromatic heterocycles. The lowest BCUT2D eigenvalue weighted by Crippen LogP contribution is -2.57. The molecule has 1 aromatic rings. The number of esters is 1. The minimum absolute atomic E-state index is 0.0174. The number of hydrogen-bond acceptors (Lipinski definition) is 7. The van der Waals surface area contributed by atoms with E-state index in [0.29, 0.717) is 25.8 Å². The van der Waals surface area contributed by atoms with E-state index in [1.165, 1.54) is 18.9 Å². The lowest BCUT2D eigenvalue weighted by molar-refractivity contribution is -0.143. The van der Waals surface area contributed by atoms with Gasteiger partial charge < -0.3 is 24.3 Å². The van der Waals surface area contributed by atoms with E-state index in [2.05, 4.69) is 10.7 Å². The van der Waals surface area contributed by atoms with Gasteiger partial charge in [0, 0.05) is 13.5 Å². The summed E-state index contributed by atoms with van der Waals surface area (Å²) in [5, 5.41) is 3.84. The molecule has 4 amide bonds. The number of ether oxygens (including phenoxy) is 1. The van der Waals surface area contributed by atoms with E-state index in [-0.39, 0.29) is 18.4 Å². The van der Waals surface area contributed by atoms with Crippen molar-refractivity contribution in [2.24, 2.45) is 5.92 Å². The van der Waals surface area contributed by atoms with Crippen molar-refractivity contribution in [1.82, 2.24) is 20.7 Å². The van der Waals surface area contributed by atoms with Crippen molar-refractivity contribution < 1.29 is 33.2 Å². The van der Waals surface area contributed by atoms with Crippen LogP contribution in [0.2, 0.25) is 0 Å². The minimum atomic E-state index is -0.886. The second-order valence-electron chi connectivity index (χ2n) is 11.9. The number of urea groups is 1. The molecule has 2 aliphatic rings. The minimum Gasteiger partial charge on any atom is -0.467 e. The highest BCUT2D eigenvalue weighted by Gasteiger charge is 2.51. The smallest absolute Gasteiger partial charge is 0.467 e. The molecule has 2 N–H and O–H groups in total. The van der Waals surface area contributed by atoms with Gasteiger partial charge in [-0.3, -0.25) is 15.0 Å². The van der Waals surface area contributed by atoms with Gasteiger partial charge in [0.05, 0.1) is 24.9 Å². The number of likely N-dealkylation sites (tertiary alicyclic amines) is 1. The van der Waals surface area contributed by atoms with Gasteiger partial charge in [0.25, 0.3) is 5.91 Å². The van der Waals surface area contributed by atoms with Crippen LogP contribution in [0.25, 0.3) is 0 Å². The molecule has 220 valence electrons. The predicted molar refractivity (Wildman–Crippen MR) is 150 cm³/mol. The van der Waals surface area contributed by atoms with E-state index in [1.807, 2.05) is 65.8 Å². The number of nitrogens with zero attached hydrogens (tertiary/aromatic N) is 2. The zero-order valence-corrected chi connectivity index (χ0v) is 24.9. The maximum Gasteiger partial charge on any atom is 0.494 e. The standard InChI is InChI=1S/C28H43BN4O7/c1-18(2)16-22(25(36)38-8)30-26(37)33(31-24(35)23-10-9-15-32(23)19(3)34)17-20-11-13-21(14-12-20)29-39-27(4,5)28(6,7)40-29/h11-14,18,22-23H,9-10,15-17H2,1-8H3,(H,30,37)(H,31,35). The van der Waals surface area contributed by atoms with Crippen LogP contribution in [0.3, 0.4) is 0 Å². The fourth-order valence-electron chi connectivity index (χ4n) is 4.78. The summed E-state index contributed by atoms with van der Waals surface area (Å²) < 4.78 is 17.1. The van der Waals surface area contributed by atoms with Gasteiger partial charge in [0.2, 0.25) is 5.91 Å². The molecule has 12 heteroatoms. The molecule has 2 unspecified atom stereocenters. The third-order valence-electron chi connectivity index (χ3n) is 7.79. The highest BCUT2D eigenvalue weighted by Crippen LogP contribution is 2.36. The number of hydrazine groups is 1. The zero-order chi connectivity index (χ0) is 29.8. The van der Waals surface area contributed by atoms with Gasteiger partial charge in [-0.25, -0.2) is 14.6 Å². The Balaban J connectivity index is 1.80. The number of hydrogen-bond donors (Lipinski definition) is 2. The van der Waals surface area contributed by atoms with Crippen LogP contribution in [0.5, 0.6) is 0 Å². The molecular formula is C28H43BN4O7. The Bertz CT molecular complexity index is 1080. The first-order valence-electron chi connectivity index (χ1n) is 13.8. The molecule has 0 saturated carbocycles. The molecule has 40 heavy (non-hydrogen) atoms. The lowest BCUT2D eigenvalue weighted by atomic mass is 9.79. The molecule has 11 nitrogen and oxygen atoms in total. The fraction of sp³-hybridized carbons (Fsp3) is 0.643. The summed E-state index contributed by atoms with van der Waals surface area (Å²) in [5.41, 5.74) is 3.29. The number of carbonyl (C=O) groups is 4. The van der Waals surface area contributed by atoms with Crippen LogP contribution in [0.15, 0.2) is 24.3 Å². The largest absolute Gasteiger partial charge is 0.494 e. The van der Waals surface area contributed by atoms with Gasteiger partial charge in [-0.2, -0.15) is 0 Å². The summed E-state index contributed by atoms with van der Waals surface area (Å²) in [5.74, 6) is -1.12. The maximum absolute atomic E-state index is 13.4. The Morgan fingerprint density at radius 2 is 1.70 bits per heavy atom. The van der Waals surface area contributed by atoms with E-state index < -0.39 is 48.3 Å². The van der Waals surface area contributed by atoms with Gasteiger partial charge in [0.15, 0.2) is 0 Å². The molecule has 2 aliphatic heterocycles. The van der Waals surface area contributed by atoms with E-state index in [1.54, 1.807) is 0 Å². The normalized spacial score (nSPS) is 20.3. The predicted octanol–water partition coefficient (Wildman–Crippen LogP) is 2.13. The second kappa shape index (κ2) is 12.6. The van der Waals surface area contributed by atoms with Gasteiger partial charge in [-0.15, -0.1) is 0 Å². The van der Waals surface area contributed by atoms with Gasteiger partial charge in [-0.1, -0.05) is 38.1 Å². The Morgan fingerprint density at radius 3 is 2.23 bits per heavy atom. The quantitative estimate of drug-likeness (QED) is 0.284. The fourth-order valence-corrected chi connectivity index (χ4v) is 4.78. The molecule has 0 radical (unpaired) electrons.